The molecule has 8 heteroatoms. The van der Waals surface area contributed by atoms with Crippen LogP contribution in [0.15, 0.2) is 36.4 Å². The molecule has 0 unspecified atom stereocenters. The average Bonchev–Trinajstić information content (AvgIpc) is 2.82. The number of rotatable bonds is 6. The van der Waals surface area contributed by atoms with Crippen molar-refractivity contribution in [3.05, 3.63) is 65.0 Å². The van der Waals surface area contributed by atoms with E-state index in [1.165, 1.54) is 31.4 Å². The highest BCUT2D eigenvalue weighted by molar-refractivity contribution is 5.30. The lowest BCUT2D eigenvalue weighted by molar-refractivity contribution is -0.238. The highest BCUT2D eigenvalue weighted by Gasteiger charge is 2.38. The predicted octanol–water partition coefficient (Wildman–Crippen LogP) is 7.30. The first-order chi connectivity index (χ1) is 16.8. The summed E-state index contributed by atoms with van der Waals surface area (Å²) in [5.41, 5.74) is 0.502. The summed E-state index contributed by atoms with van der Waals surface area (Å²) in [7, 11) is 0. The van der Waals surface area contributed by atoms with Gasteiger partial charge in [0.2, 0.25) is 0 Å². The maximum Gasteiger partial charge on any atom is 0.426 e. The van der Waals surface area contributed by atoms with Gasteiger partial charge in [-0.05, 0) is 55.2 Å². The van der Waals surface area contributed by atoms with E-state index in [9.17, 15) is 22.0 Å². The minimum atomic E-state index is -3.83. The Morgan fingerprint density at radius 2 is 1.34 bits per heavy atom. The van der Waals surface area contributed by atoms with Crippen molar-refractivity contribution in [2.45, 2.75) is 63.3 Å². The standard InChI is InChI=1S/C27H29F5O3/c28-23-12-22(13-24(29)25(23)30)35-27(31,32)21-10-8-18(9-11-21)17-4-6-19(7-5-17)26-33-14-20(15-34-26)16-2-1-3-16/h8-13,16-17,19-20,26H,1-7,14-15H2. The summed E-state index contributed by atoms with van der Waals surface area (Å²) in [6.07, 6.45) is 3.64. The Labute approximate surface area is 201 Å². The third kappa shape index (κ3) is 5.33. The summed E-state index contributed by atoms with van der Waals surface area (Å²) in [4.78, 5) is 0. The first-order valence-electron chi connectivity index (χ1n) is 12.3. The number of hydrogen-bond donors (Lipinski definition) is 0. The van der Waals surface area contributed by atoms with Crippen LogP contribution in [0.2, 0.25) is 0 Å². The smallest absolute Gasteiger partial charge is 0.426 e. The van der Waals surface area contributed by atoms with E-state index in [1.807, 2.05) is 0 Å². The van der Waals surface area contributed by atoms with E-state index in [0.717, 1.165) is 50.4 Å². The first-order valence-corrected chi connectivity index (χ1v) is 12.3. The quantitative estimate of drug-likeness (QED) is 0.310. The van der Waals surface area contributed by atoms with Crippen LogP contribution in [0.4, 0.5) is 22.0 Å². The predicted molar refractivity (Wildman–Crippen MR) is 119 cm³/mol. The summed E-state index contributed by atoms with van der Waals surface area (Å²) in [6, 6.07) is 6.58. The monoisotopic (exact) mass is 496 g/mol. The van der Waals surface area contributed by atoms with Gasteiger partial charge in [0.1, 0.15) is 5.75 Å². The summed E-state index contributed by atoms with van der Waals surface area (Å²) in [5, 5.41) is 0. The van der Waals surface area contributed by atoms with Crippen LogP contribution in [-0.4, -0.2) is 19.5 Å². The van der Waals surface area contributed by atoms with E-state index in [-0.39, 0.29) is 12.2 Å². The van der Waals surface area contributed by atoms with Gasteiger partial charge in [-0.3, -0.25) is 0 Å². The van der Waals surface area contributed by atoms with Crippen LogP contribution in [0.1, 0.15) is 62.0 Å². The molecule has 190 valence electrons. The molecule has 1 heterocycles. The molecule has 2 aromatic carbocycles. The van der Waals surface area contributed by atoms with Crippen LogP contribution >= 0.6 is 0 Å². The number of alkyl halides is 2. The molecule has 3 aliphatic rings. The van der Waals surface area contributed by atoms with Gasteiger partial charge in [-0.25, -0.2) is 13.2 Å². The molecule has 2 aliphatic carbocycles. The Kier molecular flexibility index (Phi) is 7.04. The van der Waals surface area contributed by atoms with Gasteiger partial charge in [0.15, 0.2) is 23.7 Å². The van der Waals surface area contributed by atoms with Crippen molar-refractivity contribution < 1.29 is 36.2 Å². The second-order valence-corrected chi connectivity index (χ2v) is 10.0. The topological polar surface area (TPSA) is 27.7 Å². The van der Waals surface area contributed by atoms with Crippen molar-refractivity contribution in [1.29, 1.82) is 0 Å². The number of benzene rings is 2. The van der Waals surface area contributed by atoms with Gasteiger partial charge in [0.05, 0.1) is 18.8 Å². The maximum absolute atomic E-state index is 14.6. The normalized spacial score (nSPS) is 27.9. The fourth-order valence-electron chi connectivity index (χ4n) is 5.46. The molecule has 35 heavy (non-hydrogen) atoms. The summed E-state index contributed by atoms with van der Waals surface area (Å²) in [5.74, 6) is -3.83. The van der Waals surface area contributed by atoms with Gasteiger partial charge < -0.3 is 14.2 Å². The highest BCUT2D eigenvalue weighted by atomic mass is 19.3. The molecular weight excluding hydrogens is 467 g/mol. The summed E-state index contributed by atoms with van der Waals surface area (Å²) >= 11 is 0. The summed E-state index contributed by atoms with van der Waals surface area (Å²) in [6.45, 7) is 1.56. The van der Waals surface area contributed by atoms with Crippen molar-refractivity contribution in [3.8, 4) is 5.75 Å². The van der Waals surface area contributed by atoms with Gasteiger partial charge >= 0.3 is 6.11 Å². The Morgan fingerprint density at radius 3 is 1.89 bits per heavy atom. The Bertz CT molecular complexity index is 985. The lowest BCUT2D eigenvalue weighted by Gasteiger charge is -2.41. The van der Waals surface area contributed by atoms with E-state index < -0.39 is 34.9 Å². The van der Waals surface area contributed by atoms with Crippen molar-refractivity contribution in [2.75, 3.05) is 13.2 Å². The van der Waals surface area contributed by atoms with Crippen LogP contribution in [-0.2, 0) is 15.6 Å². The van der Waals surface area contributed by atoms with Crippen molar-refractivity contribution in [2.24, 2.45) is 17.8 Å². The highest BCUT2D eigenvalue weighted by Crippen LogP contribution is 2.42. The van der Waals surface area contributed by atoms with Gasteiger partial charge in [-0.1, -0.05) is 31.4 Å². The van der Waals surface area contributed by atoms with Gasteiger partial charge in [0, 0.05) is 24.0 Å². The molecule has 0 amide bonds. The van der Waals surface area contributed by atoms with Crippen molar-refractivity contribution >= 4 is 0 Å². The fourth-order valence-corrected chi connectivity index (χ4v) is 5.46. The van der Waals surface area contributed by atoms with Crippen molar-refractivity contribution in [3.63, 3.8) is 0 Å². The molecule has 0 spiro atoms. The van der Waals surface area contributed by atoms with Gasteiger partial charge in [-0.15, -0.1) is 0 Å². The first kappa shape index (κ1) is 24.5. The molecule has 5 rings (SSSR count). The van der Waals surface area contributed by atoms with Crippen LogP contribution in [0.5, 0.6) is 5.75 Å². The van der Waals surface area contributed by atoms with Crippen LogP contribution in [0.3, 0.4) is 0 Å². The molecule has 0 aromatic heterocycles. The van der Waals surface area contributed by atoms with E-state index >= 15 is 0 Å². The minimum Gasteiger partial charge on any atom is -0.429 e. The molecule has 3 nitrogen and oxygen atoms in total. The molecule has 2 aromatic rings. The number of hydrogen-bond acceptors (Lipinski definition) is 3. The third-order valence-electron chi connectivity index (χ3n) is 7.84. The molecule has 0 atom stereocenters. The second kappa shape index (κ2) is 10.1. The number of halogens is 5. The Morgan fingerprint density at radius 1 is 0.743 bits per heavy atom. The van der Waals surface area contributed by atoms with E-state index in [0.29, 0.717) is 24.0 Å². The van der Waals surface area contributed by atoms with Gasteiger partial charge in [0.25, 0.3) is 0 Å². The number of ether oxygens (including phenoxy) is 3. The maximum atomic E-state index is 14.6. The SMILES string of the molecule is Fc1cc(OC(F)(F)c2ccc(C3CCC(C4OCC(C5CCC5)CO4)CC3)cc2)cc(F)c1F. The molecule has 0 bridgehead atoms. The minimum absolute atomic E-state index is 0.147. The molecule has 1 saturated heterocycles. The van der Waals surface area contributed by atoms with E-state index in [1.54, 1.807) is 12.1 Å². The van der Waals surface area contributed by atoms with Crippen LogP contribution in [0.25, 0.3) is 0 Å². The largest absolute Gasteiger partial charge is 0.429 e. The van der Waals surface area contributed by atoms with Crippen LogP contribution in [0, 0.1) is 35.2 Å². The molecule has 1 aliphatic heterocycles. The fraction of sp³-hybridized carbons (Fsp3) is 0.556. The molecule has 0 radical (unpaired) electrons. The molecular formula is C27H29F5O3. The zero-order valence-corrected chi connectivity index (χ0v) is 19.3. The molecule has 0 N–H and O–H groups in total. The zero-order valence-electron chi connectivity index (χ0n) is 19.3. The van der Waals surface area contributed by atoms with Crippen LogP contribution < -0.4 is 4.74 Å². The molecule has 2 saturated carbocycles. The zero-order chi connectivity index (χ0) is 24.6. The van der Waals surface area contributed by atoms with Crippen molar-refractivity contribution in [1.82, 2.24) is 0 Å². The van der Waals surface area contributed by atoms with Gasteiger partial charge in [-0.2, -0.15) is 8.78 Å². The molecule has 3 fully saturated rings. The Hall–Kier alpha value is -2.19. The Balaban J connectivity index is 1.14. The third-order valence-corrected chi connectivity index (χ3v) is 7.84. The lowest BCUT2D eigenvalue weighted by atomic mass is 9.75. The summed E-state index contributed by atoms with van der Waals surface area (Å²) < 4.78 is 85.5. The van der Waals surface area contributed by atoms with E-state index in [2.05, 4.69) is 4.74 Å². The lowest BCUT2D eigenvalue weighted by Crippen LogP contribution is -2.42. The average molecular weight is 497 g/mol. The van der Waals surface area contributed by atoms with E-state index in [4.69, 9.17) is 9.47 Å². The second-order valence-electron chi connectivity index (χ2n) is 10.0.